The number of carbonyl (C=O) groups excluding carboxylic acids is 1. The molecule has 0 bridgehead atoms. The van der Waals surface area contributed by atoms with E-state index in [1.807, 2.05) is 12.1 Å². The standard InChI is InChI=1S/C21H19ClFN3O/c1-21(2)11-17-19(18(27)12-21)20(24-15-5-3-4-13(22)10-15)25-26(17)16-8-6-14(23)7-9-16/h3-10H,11-12H2,1-2H3,(H,24,25). The van der Waals surface area contributed by atoms with Gasteiger partial charge in [0.05, 0.1) is 16.9 Å². The van der Waals surface area contributed by atoms with Crippen LogP contribution in [0, 0.1) is 11.2 Å². The second kappa shape index (κ2) is 6.50. The number of hydrogen-bond acceptors (Lipinski definition) is 3. The predicted octanol–water partition coefficient (Wildman–Crippen LogP) is 5.56. The van der Waals surface area contributed by atoms with Crippen molar-refractivity contribution in [3.05, 3.63) is 70.6 Å². The number of carbonyl (C=O) groups is 1. The minimum Gasteiger partial charge on any atom is -0.338 e. The summed E-state index contributed by atoms with van der Waals surface area (Å²) in [5.41, 5.74) is 2.75. The van der Waals surface area contributed by atoms with E-state index < -0.39 is 0 Å². The summed E-state index contributed by atoms with van der Waals surface area (Å²) < 4.78 is 15.1. The topological polar surface area (TPSA) is 46.9 Å². The van der Waals surface area contributed by atoms with Gasteiger partial charge in [-0.2, -0.15) is 0 Å². The molecule has 1 N–H and O–H groups in total. The number of rotatable bonds is 3. The first-order chi connectivity index (χ1) is 12.8. The third-order valence-electron chi connectivity index (χ3n) is 4.70. The molecule has 0 atom stereocenters. The van der Waals surface area contributed by atoms with Crippen LogP contribution in [0.3, 0.4) is 0 Å². The molecule has 27 heavy (non-hydrogen) atoms. The molecule has 0 saturated carbocycles. The van der Waals surface area contributed by atoms with Crippen molar-refractivity contribution in [1.29, 1.82) is 0 Å². The zero-order chi connectivity index (χ0) is 19.2. The number of nitrogens with zero attached hydrogens (tertiary/aromatic N) is 2. The van der Waals surface area contributed by atoms with Crippen LogP contribution in [0.4, 0.5) is 15.9 Å². The molecule has 0 spiro atoms. The number of halogens is 2. The van der Waals surface area contributed by atoms with Crippen LogP contribution >= 0.6 is 11.6 Å². The summed E-state index contributed by atoms with van der Waals surface area (Å²) in [7, 11) is 0. The van der Waals surface area contributed by atoms with Crippen LogP contribution < -0.4 is 5.32 Å². The van der Waals surface area contributed by atoms with Gasteiger partial charge in [-0.25, -0.2) is 9.07 Å². The van der Waals surface area contributed by atoms with Crippen molar-refractivity contribution in [2.75, 3.05) is 5.32 Å². The Balaban J connectivity index is 1.85. The van der Waals surface area contributed by atoms with Crippen LogP contribution in [0.25, 0.3) is 5.69 Å². The molecule has 0 amide bonds. The maximum absolute atomic E-state index is 13.3. The zero-order valence-electron chi connectivity index (χ0n) is 15.1. The highest BCUT2D eigenvalue weighted by atomic mass is 35.5. The number of fused-ring (bicyclic) bond motifs is 1. The fraction of sp³-hybridized carbons (Fsp3) is 0.238. The number of anilines is 2. The Kier molecular flexibility index (Phi) is 4.27. The molecule has 0 saturated heterocycles. The molecule has 1 aromatic heterocycles. The summed E-state index contributed by atoms with van der Waals surface area (Å²) in [6.07, 6.45) is 1.16. The van der Waals surface area contributed by atoms with E-state index in [1.165, 1.54) is 12.1 Å². The van der Waals surface area contributed by atoms with Crippen LogP contribution in [0.5, 0.6) is 0 Å². The molecule has 4 rings (SSSR count). The van der Waals surface area contributed by atoms with E-state index >= 15 is 0 Å². The molecule has 0 fully saturated rings. The fourth-order valence-electron chi connectivity index (χ4n) is 3.53. The van der Waals surface area contributed by atoms with Crippen LogP contribution in [0.1, 0.15) is 36.3 Å². The number of ketones is 1. The SMILES string of the molecule is CC1(C)CC(=O)c2c(Nc3cccc(Cl)c3)nn(-c3ccc(F)cc3)c2C1. The van der Waals surface area contributed by atoms with E-state index in [9.17, 15) is 9.18 Å². The average molecular weight is 384 g/mol. The zero-order valence-corrected chi connectivity index (χ0v) is 15.8. The van der Waals surface area contributed by atoms with Gasteiger partial charge in [-0.3, -0.25) is 4.79 Å². The summed E-state index contributed by atoms with van der Waals surface area (Å²) in [5.74, 6) is 0.240. The minimum atomic E-state index is -0.312. The van der Waals surface area contributed by atoms with Crippen molar-refractivity contribution in [1.82, 2.24) is 9.78 Å². The van der Waals surface area contributed by atoms with Crippen LogP contribution in [0.2, 0.25) is 5.02 Å². The predicted molar refractivity (Wildman–Crippen MR) is 105 cm³/mol. The highest BCUT2D eigenvalue weighted by Crippen LogP contribution is 2.39. The number of hydrogen-bond donors (Lipinski definition) is 1. The fourth-order valence-corrected chi connectivity index (χ4v) is 3.72. The lowest BCUT2D eigenvalue weighted by Crippen LogP contribution is -2.28. The summed E-state index contributed by atoms with van der Waals surface area (Å²) in [6, 6.07) is 13.4. The normalized spacial score (nSPS) is 15.5. The molecule has 6 heteroatoms. The summed E-state index contributed by atoms with van der Waals surface area (Å²) >= 11 is 6.07. The summed E-state index contributed by atoms with van der Waals surface area (Å²) in [6.45, 7) is 4.14. The Morgan fingerprint density at radius 1 is 1.15 bits per heavy atom. The smallest absolute Gasteiger partial charge is 0.169 e. The van der Waals surface area contributed by atoms with Crippen LogP contribution in [-0.2, 0) is 6.42 Å². The van der Waals surface area contributed by atoms with E-state index in [0.29, 0.717) is 29.2 Å². The second-order valence-electron chi connectivity index (χ2n) is 7.63. The number of aromatic nitrogens is 2. The van der Waals surface area contributed by atoms with Crippen molar-refractivity contribution in [2.45, 2.75) is 26.7 Å². The van der Waals surface area contributed by atoms with Gasteiger partial charge in [0.1, 0.15) is 5.82 Å². The molecule has 0 unspecified atom stereocenters. The third-order valence-corrected chi connectivity index (χ3v) is 4.94. The van der Waals surface area contributed by atoms with Gasteiger partial charge < -0.3 is 5.32 Å². The van der Waals surface area contributed by atoms with Gasteiger partial charge in [-0.05, 0) is 54.3 Å². The van der Waals surface area contributed by atoms with Gasteiger partial charge in [0.15, 0.2) is 11.6 Å². The van der Waals surface area contributed by atoms with E-state index in [1.54, 1.807) is 28.9 Å². The van der Waals surface area contributed by atoms with Gasteiger partial charge in [-0.1, -0.05) is 31.5 Å². The highest BCUT2D eigenvalue weighted by Gasteiger charge is 2.36. The molecule has 1 aliphatic carbocycles. The van der Waals surface area contributed by atoms with E-state index in [0.717, 1.165) is 17.1 Å². The Morgan fingerprint density at radius 2 is 1.89 bits per heavy atom. The Morgan fingerprint density at radius 3 is 2.59 bits per heavy atom. The lowest BCUT2D eigenvalue weighted by atomic mass is 9.76. The lowest BCUT2D eigenvalue weighted by Gasteiger charge is -2.29. The molecule has 0 aliphatic heterocycles. The van der Waals surface area contributed by atoms with Crippen molar-refractivity contribution < 1.29 is 9.18 Å². The molecule has 4 nitrogen and oxygen atoms in total. The maximum Gasteiger partial charge on any atom is 0.169 e. The van der Waals surface area contributed by atoms with Crippen LogP contribution in [0.15, 0.2) is 48.5 Å². The first-order valence-corrected chi connectivity index (χ1v) is 9.14. The van der Waals surface area contributed by atoms with Gasteiger partial charge in [-0.15, -0.1) is 5.10 Å². The Hall–Kier alpha value is -2.66. The molecule has 1 heterocycles. The van der Waals surface area contributed by atoms with Crippen molar-refractivity contribution >= 4 is 28.9 Å². The summed E-state index contributed by atoms with van der Waals surface area (Å²) in [5, 5.41) is 8.47. The molecular formula is C21H19ClFN3O. The molecular weight excluding hydrogens is 365 g/mol. The number of nitrogens with one attached hydrogen (secondary N) is 1. The van der Waals surface area contributed by atoms with E-state index in [4.69, 9.17) is 11.6 Å². The quantitative estimate of drug-likeness (QED) is 0.643. The molecule has 138 valence electrons. The van der Waals surface area contributed by atoms with Crippen molar-refractivity contribution in [2.24, 2.45) is 5.41 Å². The molecule has 1 aliphatic rings. The largest absolute Gasteiger partial charge is 0.338 e. The van der Waals surface area contributed by atoms with Gasteiger partial charge >= 0.3 is 0 Å². The first kappa shape index (κ1) is 17.7. The number of Topliss-reactive ketones (excluding diaryl/α,β-unsaturated/α-hetero) is 1. The Labute approximate surface area is 162 Å². The molecule has 3 aromatic rings. The van der Waals surface area contributed by atoms with Crippen molar-refractivity contribution in [3.63, 3.8) is 0 Å². The highest BCUT2D eigenvalue weighted by molar-refractivity contribution is 6.30. The first-order valence-electron chi connectivity index (χ1n) is 8.76. The average Bonchev–Trinajstić information content (AvgIpc) is 2.92. The lowest BCUT2D eigenvalue weighted by molar-refractivity contribution is 0.0912. The second-order valence-corrected chi connectivity index (χ2v) is 8.07. The van der Waals surface area contributed by atoms with Gasteiger partial charge in [0.25, 0.3) is 0 Å². The third kappa shape index (κ3) is 3.47. The van der Waals surface area contributed by atoms with Gasteiger partial charge in [0.2, 0.25) is 0 Å². The van der Waals surface area contributed by atoms with Crippen molar-refractivity contribution in [3.8, 4) is 5.69 Å². The van der Waals surface area contributed by atoms with E-state index in [-0.39, 0.29) is 17.0 Å². The molecule has 0 radical (unpaired) electrons. The minimum absolute atomic E-state index is 0.0548. The number of benzene rings is 2. The monoisotopic (exact) mass is 383 g/mol. The van der Waals surface area contributed by atoms with Gasteiger partial charge in [0, 0.05) is 17.1 Å². The van der Waals surface area contributed by atoms with E-state index in [2.05, 4.69) is 24.3 Å². The molecule has 2 aromatic carbocycles. The summed E-state index contributed by atoms with van der Waals surface area (Å²) in [4.78, 5) is 12.9. The maximum atomic E-state index is 13.3. The Bertz CT molecular complexity index is 1020. The van der Waals surface area contributed by atoms with Crippen LogP contribution in [-0.4, -0.2) is 15.6 Å².